The molecule has 1 N–H and O–H groups in total. The number of carbonyl (C=O) groups excluding carboxylic acids is 1. The van der Waals surface area contributed by atoms with E-state index in [-0.39, 0.29) is 12.1 Å². The number of hydrogen-bond acceptors (Lipinski definition) is 5. The number of nitrogens with one attached hydrogen (secondary N) is 1. The van der Waals surface area contributed by atoms with Crippen LogP contribution >= 0.6 is 0 Å². The summed E-state index contributed by atoms with van der Waals surface area (Å²) in [5, 5.41) is 16.7. The third kappa shape index (κ3) is 2.76. The van der Waals surface area contributed by atoms with Crippen molar-refractivity contribution in [3.63, 3.8) is 0 Å². The fraction of sp³-hybridized carbons (Fsp3) is 0.182. The number of aromatic nitrogens is 3. The lowest BCUT2D eigenvalue weighted by molar-refractivity contribution is -0.387. The van der Waals surface area contributed by atoms with Crippen LogP contribution in [0.3, 0.4) is 0 Å². The van der Waals surface area contributed by atoms with Gasteiger partial charge in [0.15, 0.2) is 0 Å². The maximum absolute atomic E-state index is 13.5. The Balaban J connectivity index is 2.16. The lowest BCUT2D eigenvalue weighted by Crippen LogP contribution is -2.26. The predicted octanol–water partition coefficient (Wildman–Crippen LogP) is 1.12. The summed E-state index contributed by atoms with van der Waals surface area (Å²) >= 11 is 0. The summed E-state index contributed by atoms with van der Waals surface area (Å²) in [7, 11) is 1.50. The second-order valence-electron chi connectivity index (χ2n) is 4.02. The molecule has 9 heteroatoms. The normalized spacial score (nSPS) is 10.3. The number of nitro benzene ring substituents is 1. The van der Waals surface area contributed by atoms with Gasteiger partial charge >= 0.3 is 5.69 Å². The number of nitro groups is 1. The number of H-pyrrole nitrogens is 1. The van der Waals surface area contributed by atoms with Gasteiger partial charge in [0, 0.05) is 18.7 Å². The van der Waals surface area contributed by atoms with Gasteiger partial charge in [-0.3, -0.25) is 20.0 Å². The van der Waals surface area contributed by atoms with E-state index in [1.807, 2.05) is 0 Å². The molecule has 0 saturated carbocycles. The van der Waals surface area contributed by atoms with Crippen LogP contribution in [0.1, 0.15) is 16.2 Å². The quantitative estimate of drug-likeness (QED) is 0.667. The minimum Gasteiger partial charge on any atom is -0.334 e. The van der Waals surface area contributed by atoms with Gasteiger partial charge in [-0.2, -0.15) is 9.49 Å². The van der Waals surface area contributed by atoms with Gasteiger partial charge in [-0.25, -0.2) is 4.98 Å². The number of aromatic amines is 1. The summed E-state index contributed by atoms with van der Waals surface area (Å²) in [6.45, 7) is 0.164. The van der Waals surface area contributed by atoms with Crippen LogP contribution in [0.2, 0.25) is 0 Å². The molecule has 1 aromatic carbocycles. The van der Waals surface area contributed by atoms with Crippen molar-refractivity contribution < 1.29 is 14.1 Å². The highest BCUT2D eigenvalue weighted by Crippen LogP contribution is 2.19. The molecular formula is C11H10FN5O3. The average molecular weight is 279 g/mol. The molecule has 1 aromatic heterocycles. The number of hydrogen-bond donors (Lipinski definition) is 1. The highest BCUT2D eigenvalue weighted by atomic mass is 19.1. The standard InChI is InChI=1S/C11H10FN5O3/c1-16(5-10-13-6-14-15-10)11(18)7-2-3-9(17(19)20)8(12)4-7/h2-4,6H,5H2,1H3,(H,13,14,15). The first-order valence-corrected chi connectivity index (χ1v) is 5.52. The van der Waals surface area contributed by atoms with Gasteiger partial charge in [-0.1, -0.05) is 0 Å². The summed E-state index contributed by atoms with van der Waals surface area (Å²) in [5.41, 5.74) is -0.644. The average Bonchev–Trinajstić information content (AvgIpc) is 2.90. The summed E-state index contributed by atoms with van der Waals surface area (Å²) in [6.07, 6.45) is 1.30. The molecule has 2 rings (SSSR count). The van der Waals surface area contributed by atoms with Crippen LogP contribution in [0.5, 0.6) is 0 Å². The number of benzene rings is 1. The lowest BCUT2D eigenvalue weighted by atomic mass is 10.1. The number of halogens is 1. The van der Waals surface area contributed by atoms with Crippen LogP contribution in [0, 0.1) is 15.9 Å². The maximum atomic E-state index is 13.5. The van der Waals surface area contributed by atoms with Gasteiger partial charge in [0.25, 0.3) is 5.91 Å². The molecule has 0 unspecified atom stereocenters. The second kappa shape index (κ2) is 5.43. The fourth-order valence-corrected chi connectivity index (χ4v) is 1.61. The molecule has 0 aliphatic heterocycles. The Morgan fingerprint density at radius 1 is 1.55 bits per heavy atom. The zero-order valence-electron chi connectivity index (χ0n) is 10.4. The summed E-state index contributed by atoms with van der Waals surface area (Å²) < 4.78 is 13.5. The van der Waals surface area contributed by atoms with E-state index in [1.165, 1.54) is 24.3 Å². The van der Waals surface area contributed by atoms with Crippen molar-refractivity contribution >= 4 is 11.6 Å². The van der Waals surface area contributed by atoms with Crippen LogP contribution in [0.4, 0.5) is 10.1 Å². The van der Waals surface area contributed by atoms with Crippen LogP contribution < -0.4 is 0 Å². The molecule has 0 spiro atoms. The Morgan fingerprint density at radius 2 is 2.30 bits per heavy atom. The topological polar surface area (TPSA) is 105 Å². The van der Waals surface area contributed by atoms with Gasteiger partial charge in [0.05, 0.1) is 11.5 Å². The Bertz CT molecular complexity index is 644. The summed E-state index contributed by atoms with van der Waals surface area (Å²) in [5.74, 6) is -1.05. The molecule has 0 aliphatic rings. The van der Waals surface area contributed by atoms with Crippen LogP contribution in [0.25, 0.3) is 0 Å². The van der Waals surface area contributed by atoms with Crippen molar-refractivity contribution in [1.82, 2.24) is 20.1 Å². The first-order valence-electron chi connectivity index (χ1n) is 5.52. The molecule has 20 heavy (non-hydrogen) atoms. The van der Waals surface area contributed by atoms with Crippen molar-refractivity contribution in [2.24, 2.45) is 0 Å². The van der Waals surface area contributed by atoms with E-state index >= 15 is 0 Å². The number of rotatable bonds is 4. The van der Waals surface area contributed by atoms with E-state index < -0.39 is 22.3 Å². The summed E-state index contributed by atoms with van der Waals surface area (Å²) in [4.78, 5) is 26.8. The van der Waals surface area contributed by atoms with Crippen molar-refractivity contribution in [2.45, 2.75) is 6.54 Å². The van der Waals surface area contributed by atoms with E-state index in [2.05, 4.69) is 15.2 Å². The van der Waals surface area contributed by atoms with Gasteiger partial charge in [-0.15, -0.1) is 0 Å². The lowest BCUT2D eigenvalue weighted by Gasteiger charge is -2.15. The van der Waals surface area contributed by atoms with E-state index in [4.69, 9.17) is 0 Å². The van der Waals surface area contributed by atoms with Crippen molar-refractivity contribution in [3.8, 4) is 0 Å². The Kier molecular flexibility index (Phi) is 3.69. The molecule has 0 radical (unpaired) electrons. The monoisotopic (exact) mass is 279 g/mol. The molecule has 0 fully saturated rings. The highest BCUT2D eigenvalue weighted by Gasteiger charge is 2.19. The van der Waals surface area contributed by atoms with Gasteiger partial charge < -0.3 is 4.90 Å². The van der Waals surface area contributed by atoms with Crippen LogP contribution in [-0.2, 0) is 6.54 Å². The molecule has 0 atom stereocenters. The Labute approximate surface area is 112 Å². The molecule has 1 amide bonds. The smallest absolute Gasteiger partial charge is 0.304 e. The zero-order valence-corrected chi connectivity index (χ0v) is 10.4. The van der Waals surface area contributed by atoms with Gasteiger partial charge in [-0.05, 0) is 12.1 Å². The maximum Gasteiger partial charge on any atom is 0.304 e. The molecule has 104 valence electrons. The van der Waals surface area contributed by atoms with Crippen LogP contribution in [0.15, 0.2) is 24.5 Å². The van der Waals surface area contributed by atoms with Crippen molar-refractivity contribution in [1.29, 1.82) is 0 Å². The SMILES string of the molecule is CN(Cc1ncn[nH]1)C(=O)c1ccc([N+](=O)[O-])c(F)c1. The molecular weight excluding hydrogens is 269 g/mol. The largest absolute Gasteiger partial charge is 0.334 e. The molecule has 1 heterocycles. The van der Waals surface area contributed by atoms with Crippen molar-refractivity contribution in [2.75, 3.05) is 7.05 Å². The van der Waals surface area contributed by atoms with Gasteiger partial charge in [0.1, 0.15) is 12.2 Å². The first kappa shape index (κ1) is 13.6. The Hall–Kier alpha value is -2.84. The van der Waals surface area contributed by atoms with E-state index in [0.29, 0.717) is 5.82 Å². The number of amides is 1. The minimum atomic E-state index is -1.05. The third-order valence-electron chi connectivity index (χ3n) is 2.59. The van der Waals surface area contributed by atoms with E-state index in [0.717, 1.165) is 12.1 Å². The molecule has 0 aliphatic carbocycles. The predicted molar refractivity (Wildman–Crippen MR) is 65.2 cm³/mol. The summed E-state index contributed by atoms with van der Waals surface area (Å²) in [6, 6.07) is 3.02. The molecule has 8 nitrogen and oxygen atoms in total. The van der Waals surface area contributed by atoms with Gasteiger partial charge in [0.2, 0.25) is 5.82 Å². The first-order chi connectivity index (χ1) is 9.49. The zero-order chi connectivity index (χ0) is 14.7. The molecule has 0 bridgehead atoms. The molecule has 0 saturated heterocycles. The number of nitrogens with zero attached hydrogens (tertiary/aromatic N) is 4. The van der Waals surface area contributed by atoms with E-state index in [9.17, 15) is 19.3 Å². The van der Waals surface area contributed by atoms with E-state index in [1.54, 1.807) is 0 Å². The molecule has 2 aromatic rings. The Morgan fingerprint density at radius 3 is 2.85 bits per heavy atom. The third-order valence-corrected chi connectivity index (χ3v) is 2.59. The fourth-order valence-electron chi connectivity index (χ4n) is 1.61. The van der Waals surface area contributed by atoms with Crippen molar-refractivity contribution in [3.05, 3.63) is 51.8 Å². The highest BCUT2D eigenvalue weighted by molar-refractivity contribution is 5.94. The van der Waals surface area contributed by atoms with Crippen LogP contribution in [-0.4, -0.2) is 38.0 Å². The number of carbonyl (C=O) groups is 1. The second-order valence-corrected chi connectivity index (χ2v) is 4.02. The minimum absolute atomic E-state index is 0.0233.